The number of benzene rings is 1. The molecule has 0 fully saturated rings. The van der Waals surface area contributed by atoms with Crippen molar-refractivity contribution in [2.75, 3.05) is 52.4 Å². The fourth-order valence-corrected chi connectivity index (χ4v) is 5.70. The summed E-state index contributed by atoms with van der Waals surface area (Å²) in [5.41, 5.74) is 2.83. The molecule has 3 unspecified atom stereocenters. The number of aryl methyl sites for hydroxylation is 1. The van der Waals surface area contributed by atoms with Crippen molar-refractivity contribution in [2.24, 2.45) is 0 Å². The molecule has 0 aliphatic rings. The number of aromatic amines is 1. The van der Waals surface area contributed by atoms with E-state index in [0.717, 1.165) is 48.0 Å². The van der Waals surface area contributed by atoms with E-state index in [9.17, 15) is 38.7 Å². The molecule has 2 rings (SSSR count). The van der Waals surface area contributed by atoms with Crippen LogP contribution >= 0.6 is 0 Å². The second-order valence-corrected chi connectivity index (χ2v) is 13.2. The standard InChI is InChI=1S/C37H59N9O9/c1-4-7-25-10-11-27-26(22-44-30(27)20-25)21-31(35(52)42-15-13-29(37(54)55)45-32(48)8-6-9-34(50)51)46-36(53)28(12-14-39-17-16-38-5-2)40-18-19-41-33(49)23-43-24(3)47/h10-11,20,22,28-29,31,38-40,44H,4-9,12-19,21,23H2,1-3H3,(H,41,49)(H,42,52)(H,43,47)(H,45,48)(H,46,53)(H,50,51)(H,54,55). The zero-order valence-corrected chi connectivity index (χ0v) is 32.1. The highest BCUT2D eigenvalue weighted by atomic mass is 16.4. The van der Waals surface area contributed by atoms with Gasteiger partial charge in [-0.25, -0.2) is 4.79 Å². The van der Waals surface area contributed by atoms with Gasteiger partial charge in [-0.1, -0.05) is 32.4 Å². The van der Waals surface area contributed by atoms with Gasteiger partial charge in [-0.05, 0) is 56.0 Å². The Morgan fingerprint density at radius 3 is 2.18 bits per heavy atom. The average molecular weight is 774 g/mol. The Hall–Kier alpha value is -5.07. The molecule has 0 saturated heterocycles. The molecule has 11 N–H and O–H groups in total. The van der Waals surface area contributed by atoms with Crippen LogP contribution in [0.4, 0.5) is 0 Å². The van der Waals surface area contributed by atoms with Crippen LogP contribution in [0.1, 0.15) is 70.4 Å². The molecule has 18 heteroatoms. The molecule has 3 atom stereocenters. The van der Waals surface area contributed by atoms with Gasteiger partial charge in [0.05, 0.1) is 12.6 Å². The Labute approximate surface area is 321 Å². The lowest BCUT2D eigenvalue weighted by Gasteiger charge is -2.24. The van der Waals surface area contributed by atoms with Gasteiger partial charge >= 0.3 is 11.9 Å². The van der Waals surface area contributed by atoms with Crippen molar-refractivity contribution in [1.29, 1.82) is 0 Å². The SMILES string of the molecule is CCCc1ccc2c(CC(NC(=O)C(CCNCCNCC)NCCNC(=O)CNC(C)=O)C(=O)NCCC(NC(=O)CCCC(=O)O)C(=O)O)c[nH]c2c1. The highest BCUT2D eigenvalue weighted by molar-refractivity contribution is 5.91. The Balaban J connectivity index is 2.21. The zero-order chi connectivity index (χ0) is 40.6. The number of carboxylic acid groups (broad SMARTS) is 2. The molecule has 0 bridgehead atoms. The molecule has 5 amide bonds. The maximum Gasteiger partial charge on any atom is 0.326 e. The smallest absolute Gasteiger partial charge is 0.326 e. The van der Waals surface area contributed by atoms with E-state index < -0.39 is 47.8 Å². The summed E-state index contributed by atoms with van der Waals surface area (Å²) in [6.07, 6.45) is 3.64. The number of hydrogen-bond donors (Lipinski definition) is 11. The molecule has 0 radical (unpaired) electrons. The third kappa shape index (κ3) is 18.7. The molecule has 306 valence electrons. The lowest BCUT2D eigenvalue weighted by molar-refractivity contribution is -0.142. The van der Waals surface area contributed by atoms with E-state index in [2.05, 4.69) is 60.5 Å². The number of likely N-dealkylation sites (N-methyl/N-ethyl adjacent to an activating group) is 1. The molecule has 2 aromatic rings. The van der Waals surface area contributed by atoms with E-state index in [4.69, 9.17) is 5.11 Å². The highest BCUT2D eigenvalue weighted by Crippen LogP contribution is 2.22. The molecular formula is C37H59N9O9. The monoisotopic (exact) mass is 773 g/mol. The number of aromatic nitrogens is 1. The first-order valence-electron chi connectivity index (χ1n) is 18.9. The lowest BCUT2D eigenvalue weighted by atomic mass is 10.0. The van der Waals surface area contributed by atoms with E-state index >= 15 is 0 Å². The summed E-state index contributed by atoms with van der Waals surface area (Å²) < 4.78 is 0. The van der Waals surface area contributed by atoms with Crippen LogP contribution in [0.15, 0.2) is 24.4 Å². The fourth-order valence-electron chi connectivity index (χ4n) is 5.70. The van der Waals surface area contributed by atoms with Crippen LogP contribution < -0.4 is 42.5 Å². The molecule has 55 heavy (non-hydrogen) atoms. The van der Waals surface area contributed by atoms with Gasteiger partial charge in [-0.3, -0.25) is 28.8 Å². The van der Waals surface area contributed by atoms with Gasteiger partial charge in [0.25, 0.3) is 0 Å². The van der Waals surface area contributed by atoms with E-state index in [1.807, 2.05) is 19.1 Å². The Bertz CT molecular complexity index is 1570. The maximum atomic E-state index is 13.9. The molecule has 0 saturated carbocycles. The summed E-state index contributed by atoms with van der Waals surface area (Å²) >= 11 is 0. The van der Waals surface area contributed by atoms with Crippen molar-refractivity contribution in [1.82, 2.24) is 47.5 Å². The van der Waals surface area contributed by atoms with Gasteiger partial charge in [0.15, 0.2) is 0 Å². The van der Waals surface area contributed by atoms with Crippen LogP contribution in [0.3, 0.4) is 0 Å². The predicted octanol–water partition coefficient (Wildman–Crippen LogP) is -0.722. The molecule has 18 nitrogen and oxygen atoms in total. The van der Waals surface area contributed by atoms with Crippen LogP contribution in [0.2, 0.25) is 0 Å². The fraction of sp³-hybridized carbons (Fsp3) is 0.595. The maximum absolute atomic E-state index is 13.9. The van der Waals surface area contributed by atoms with Crippen LogP contribution in [-0.4, -0.2) is 127 Å². The zero-order valence-electron chi connectivity index (χ0n) is 32.1. The van der Waals surface area contributed by atoms with Crippen molar-refractivity contribution >= 4 is 52.4 Å². The molecule has 1 heterocycles. The van der Waals surface area contributed by atoms with E-state index in [0.29, 0.717) is 19.5 Å². The largest absolute Gasteiger partial charge is 0.481 e. The van der Waals surface area contributed by atoms with E-state index in [-0.39, 0.29) is 70.1 Å². The summed E-state index contributed by atoms with van der Waals surface area (Å²) in [5, 5.41) is 42.1. The van der Waals surface area contributed by atoms with Crippen LogP contribution in [0.5, 0.6) is 0 Å². The van der Waals surface area contributed by atoms with Gasteiger partial charge in [0.2, 0.25) is 29.5 Å². The number of carbonyl (C=O) groups excluding carboxylic acids is 5. The topological polar surface area (TPSA) is 272 Å². The summed E-state index contributed by atoms with van der Waals surface area (Å²) in [4.78, 5) is 88.9. The van der Waals surface area contributed by atoms with Gasteiger partial charge in [-0.2, -0.15) is 0 Å². The number of fused-ring (bicyclic) bond motifs is 1. The number of nitrogens with one attached hydrogen (secondary N) is 9. The van der Waals surface area contributed by atoms with Crippen molar-refractivity contribution in [3.05, 3.63) is 35.5 Å². The molecular weight excluding hydrogens is 714 g/mol. The second-order valence-electron chi connectivity index (χ2n) is 13.2. The number of rotatable bonds is 29. The first kappa shape index (κ1) is 46.1. The van der Waals surface area contributed by atoms with E-state index in [1.165, 1.54) is 6.92 Å². The minimum absolute atomic E-state index is 0.0502. The minimum atomic E-state index is -1.33. The van der Waals surface area contributed by atoms with Crippen LogP contribution in [0.25, 0.3) is 10.9 Å². The number of aliphatic carboxylic acids is 2. The van der Waals surface area contributed by atoms with Gasteiger partial charge in [0, 0.05) is 76.0 Å². The highest BCUT2D eigenvalue weighted by Gasteiger charge is 2.27. The summed E-state index contributed by atoms with van der Waals surface area (Å²) in [5.74, 6) is -4.74. The van der Waals surface area contributed by atoms with Gasteiger partial charge in [0.1, 0.15) is 12.1 Å². The van der Waals surface area contributed by atoms with Crippen molar-refractivity contribution in [3.8, 4) is 0 Å². The summed E-state index contributed by atoms with van der Waals surface area (Å²) in [6.45, 7) is 8.20. The van der Waals surface area contributed by atoms with Crippen LogP contribution in [-0.2, 0) is 46.4 Å². The third-order valence-electron chi connectivity index (χ3n) is 8.58. The first-order chi connectivity index (χ1) is 26.3. The Morgan fingerprint density at radius 2 is 1.49 bits per heavy atom. The third-order valence-corrected chi connectivity index (χ3v) is 8.58. The average Bonchev–Trinajstić information content (AvgIpc) is 3.53. The van der Waals surface area contributed by atoms with Crippen molar-refractivity contribution in [2.45, 2.75) is 90.3 Å². The lowest BCUT2D eigenvalue weighted by Crippen LogP contribution is -2.55. The number of amides is 5. The van der Waals surface area contributed by atoms with Gasteiger partial charge in [-0.15, -0.1) is 0 Å². The molecule has 0 aliphatic carbocycles. The number of carboxylic acids is 2. The van der Waals surface area contributed by atoms with Crippen LogP contribution in [0, 0.1) is 0 Å². The van der Waals surface area contributed by atoms with Crippen molar-refractivity contribution < 1.29 is 43.8 Å². The second kappa shape index (κ2) is 25.9. The Kier molecular flexibility index (Phi) is 21.7. The number of hydrogen-bond acceptors (Lipinski definition) is 10. The van der Waals surface area contributed by atoms with Gasteiger partial charge < -0.3 is 57.7 Å². The molecule has 0 spiro atoms. The number of H-pyrrole nitrogens is 1. The predicted molar refractivity (Wildman–Crippen MR) is 206 cm³/mol. The minimum Gasteiger partial charge on any atom is -0.481 e. The van der Waals surface area contributed by atoms with E-state index in [1.54, 1.807) is 6.20 Å². The van der Waals surface area contributed by atoms with Crippen molar-refractivity contribution in [3.63, 3.8) is 0 Å². The summed E-state index contributed by atoms with van der Waals surface area (Å²) in [7, 11) is 0. The molecule has 1 aromatic heterocycles. The summed E-state index contributed by atoms with van der Waals surface area (Å²) in [6, 6.07) is 2.89. The first-order valence-corrected chi connectivity index (χ1v) is 18.9. The quantitative estimate of drug-likeness (QED) is 0.0458. The molecule has 0 aliphatic heterocycles. The number of carbonyl (C=O) groups is 7. The normalized spacial score (nSPS) is 12.6. The Morgan fingerprint density at radius 1 is 0.745 bits per heavy atom. The molecule has 1 aromatic carbocycles.